The van der Waals surface area contributed by atoms with Crippen LogP contribution in [0.25, 0.3) is 0 Å². The van der Waals surface area contributed by atoms with Crippen molar-refractivity contribution in [2.75, 3.05) is 6.54 Å². The van der Waals surface area contributed by atoms with Crippen molar-refractivity contribution >= 4 is 21.8 Å². The molecular formula is C13H11BrFNO2. The van der Waals surface area contributed by atoms with Crippen LogP contribution in [0.4, 0.5) is 4.39 Å². The lowest BCUT2D eigenvalue weighted by Crippen LogP contribution is -2.25. The SMILES string of the molecule is O=C(NCCc1ccccc1F)c1ccc(Br)o1. The van der Waals surface area contributed by atoms with Gasteiger partial charge in [0.1, 0.15) is 5.82 Å². The van der Waals surface area contributed by atoms with Gasteiger partial charge in [-0.3, -0.25) is 4.79 Å². The van der Waals surface area contributed by atoms with E-state index in [0.717, 1.165) is 0 Å². The van der Waals surface area contributed by atoms with Crippen LogP contribution < -0.4 is 5.32 Å². The molecule has 0 unspecified atom stereocenters. The molecule has 0 saturated heterocycles. The van der Waals surface area contributed by atoms with E-state index in [1.165, 1.54) is 6.07 Å². The third-order valence-corrected chi connectivity index (χ3v) is 2.86. The van der Waals surface area contributed by atoms with Crippen molar-refractivity contribution in [3.63, 3.8) is 0 Å². The lowest BCUT2D eigenvalue weighted by Gasteiger charge is -2.04. The predicted molar refractivity (Wildman–Crippen MR) is 68.8 cm³/mol. The van der Waals surface area contributed by atoms with Gasteiger partial charge in [-0.2, -0.15) is 0 Å². The monoisotopic (exact) mass is 311 g/mol. The number of amides is 1. The van der Waals surface area contributed by atoms with Crippen molar-refractivity contribution in [1.82, 2.24) is 5.32 Å². The van der Waals surface area contributed by atoms with E-state index in [1.807, 2.05) is 0 Å². The molecule has 2 aromatic rings. The van der Waals surface area contributed by atoms with Crippen molar-refractivity contribution in [1.29, 1.82) is 0 Å². The van der Waals surface area contributed by atoms with E-state index in [0.29, 0.717) is 23.2 Å². The van der Waals surface area contributed by atoms with E-state index < -0.39 is 0 Å². The first-order chi connectivity index (χ1) is 8.66. The molecule has 1 aromatic carbocycles. The van der Waals surface area contributed by atoms with Crippen LogP contribution in [0, 0.1) is 5.82 Å². The summed E-state index contributed by atoms with van der Waals surface area (Å²) in [5, 5.41) is 2.67. The number of hydrogen-bond donors (Lipinski definition) is 1. The fourth-order valence-corrected chi connectivity index (χ4v) is 1.84. The maximum atomic E-state index is 13.3. The summed E-state index contributed by atoms with van der Waals surface area (Å²) in [7, 11) is 0. The highest BCUT2D eigenvalue weighted by Gasteiger charge is 2.09. The Bertz CT molecular complexity index is 553. The Kier molecular flexibility index (Phi) is 4.15. The second-order valence-electron chi connectivity index (χ2n) is 3.70. The summed E-state index contributed by atoms with van der Waals surface area (Å²) in [6.07, 6.45) is 0.445. The first-order valence-corrected chi connectivity index (χ1v) is 6.23. The van der Waals surface area contributed by atoms with Crippen LogP contribution in [0.3, 0.4) is 0 Å². The molecule has 18 heavy (non-hydrogen) atoms. The summed E-state index contributed by atoms with van der Waals surface area (Å²) in [6, 6.07) is 9.72. The number of benzene rings is 1. The van der Waals surface area contributed by atoms with E-state index in [-0.39, 0.29) is 17.5 Å². The summed E-state index contributed by atoms with van der Waals surface area (Å²) < 4.78 is 18.9. The molecule has 1 amide bonds. The quantitative estimate of drug-likeness (QED) is 0.942. The third kappa shape index (κ3) is 3.20. The van der Waals surface area contributed by atoms with Crippen molar-refractivity contribution in [2.45, 2.75) is 6.42 Å². The van der Waals surface area contributed by atoms with Gasteiger partial charge in [-0.05, 0) is 46.1 Å². The molecule has 1 aromatic heterocycles. The van der Waals surface area contributed by atoms with Crippen LogP contribution in [0.2, 0.25) is 0 Å². The van der Waals surface area contributed by atoms with Gasteiger partial charge >= 0.3 is 0 Å². The van der Waals surface area contributed by atoms with E-state index in [2.05, 4.69) is 21.2 Å². The molecule has 0 aliphatic heterocycles. The summed E-state index contributed by atoms with van der Waals surface area (Å²) in [5.41, 5.74) is 0.582. The normalized spacial score (nSPS) is 10.3. The highest BCUT2D eigenvalue weighted by atomic mass is 79.9. The van der Waals surface area contributed by atoms with Crippen molar-refractivity contribution in [3.8, 4) is 0 Å². The Hall–Kier alpha value is -1.62. The van der Waals surface area contributed by atoms with E-state index in [4.69, 9.17) is 4.42 Å². The average molecular weight is 312 g/mol. The van der Waals surface area contributed by atoms with Gasteiger partial charge in [0.2, 0.25) is 0 Å². The standard InChI is InChI=1S/C13H11BrFNO2/c14-12-6-5-11(18-12)13(17)16-8-7-9-3-1-2-4-10(9)15/h1-6H,7-8H2,(H,16,17). The molecular weight excluding hydrogens is 301 g/mol. The number of furan rings is 1. The summed E-state index contributed by atoms with van der Waals surface area (Å²) >= 11 is 3.12. The molecule has 2 rings (SSSR count). The van der Waals surface area contributed by atoms with E-state index in [9.17, 15) is 9.18 Å². The largest absolute Gasteiger partial charge is 0.444 e. The highest BCUT2D eigenvalue weighted by molar-refractivity contribution is 9.10. The van der Waals surface area contributed by atoms with Gasteiger partial charge < -0.3 is 9.73 Å². The van der Waals surface area contributed by atoms with Gasteiger partial charge in [-0.25, -0.2) is 4.39 Å². The Morgan fingerprint density at radius 2 is 2.06 bits per heavy atom. The van der Waals surface area contributed by atoms with Crippen molar-refractivity contribution < 1.29 is 13.6 Å². The van der Waals surface area contributed by atoms with Gasteiger partial charge in [-0.1, -0.05) is 18.2 Å². The molecule has 0 radical (unpaired) electrons. The molecule has 0 bridgehead atoms. The number of rotatable bonds is 4. The number of carbonyl (C=O) groups excluding carboxylic acids is 1. The van der Waals surface area contributed by atoms with Crippen molar-refractivity contribution in [3.05, 3.63) is 58.2 Å². The number of halogens is 2. The minimum Gasteiger partial charge on any atom is -0.444 e. The molecule has 0 spiro atoms. The average Bonchev–Trinajstić information content (AvgIpc) is 2.78. The fraction of sp³-hybridized carbons (Fsp3) is 0.154. The fourth-order valence-electron chi connectivity index (χ4n) is 1.54. The minimum absolute atomic E-state index is 0.232. The van der Waals surface area contributed by atoms with Crippen LogP contribution in [-0.4, -0.2) is 12.5 Å². The smallest absolute Gasteiger partial charge is 0.287 e. The number of hydrogen-bond acceptors (Lipinski definition) is 2. The maximum absolute atomic E-state index is 13.3. The second kappa shape index (κ2) is 5.82. The molecule has 3 nitrogen and oxygen atoms in total. The molecule has 1 heterocycles. The van der Waals surface area contributed by atoms with E-state index in [1.54, 1.807) is 30.3 Å². The van der Waals surface area contributed by atoms with Crippen LogP contribution >= 0.6 is 15.9 Å². The van der Waals surface area contributed by atoms with Crippen LogP contribution in [-0.2, 0) is 6.42 Å². The van der Waals surface area contributed by atoms with Gasteiger partial charge in [0, 0.05) is 6.54 Å². The molecule has 5 heteroatoms. The van der Waals surface area contributed by atoms with Crippen molar-refractivity contribution in [2.24, 2.45) is 0 Å². The van der Waals surface area contributed by atoms with Crippen LogP contribution in [0.15, 0.2) is 45.5 Å². The molecule has 0 atom stereocenters. The lowest BCUT2D eigenvalue weighted by atomic mass is 10.1. The predicted octanol–water partition coefficient (Wildman–Crippen LogP) is 3.15. The third-order valence-electron chi connectivity index (χ3n) is 2.43. The molecule has 94 valence electrons. The topological polar surface area (TPSA) is 42.2 Å². The number of carbonyl (C=O) groups is 1. The number of nitrogens with one attached hydrogen (secondary N) is 1. The zero-order valence-corrected chi connectivity index (χ0v) is 11.0. The zero-order valence-electron chi connectivity index (χ0n) is 9.45. The Labute approximate surface area is 112 Å². The van der Waals surface area contributed by atoms with Gasteiger partial charge in [0.15, 0.2) is 10.4 Å². The summed E-state index contributed by atoms with van der Waals surface area (Å²) in [6.45, 7) is 0.359. The van der Waals surface area contributed by atoms with Crippen LogP contribution in [0.5, 0.6) is 0 Å². The summed E-state index contributed by atoms with van der Waals surface area (Å²) in [5.74, 6) is -0.333. The lowest BCUT2D eigenvalue weighted by molar-refractivity contribution is 0.0925. The summed E-state index contributed by atoms with van der Waals surface area (Å²) in [4.78, 5) is 11.6. The van der Waals surface area contributed by atoms with Crippen LogP contribution in [0.1, 0.15) is 16.1 Å². The first kappa shape index (κ1) is 12.8. The Morgan fingerprint density at radius 3 is 2.72 bits per heavy atom. The minimum atomic E-state index is -0.308. The van der Waals surface area contributed by atoms with E-state index >= 15 is 0 Å². The first-order valence-electron chi connectivity index (χ1n) is 5.44. The molecule has 0 saturated carbocycles. The Balaban J connectivity index is 1.86. The molecule has 1 N–H and O–H groups in total. The maximum Gasteiger partial charge on any atom is 0.287 e. The highest BCUT2D eigenvalue weighted by Crippen LogP contribution is 2.13. The molecule has 0 fully saturated rings. The second-order valence-corrected chi connectivity index (χ2v) is 4.48. The van der Waals surface area contributed by atoms with Gasteiger partial charge in [0.05, 0.1) is 0 Å². The Morgan fingerprint density at radius 1 is 1.28 bits per heavy atom. The van der Waals surface area contributed by atoms with Gasteiger partial charge in [-0.15, -0.1) is 0 Å². The zero-order chi connectivity index (χ0) is 13.0. The van der Waals surface area contributed by atoms with Gasteiger partial charge in [0.25, 0.3) is 5.91 Å². The molecule has 0 aliphatic rings. The molecule has 0 aliphatic carbocycles.